The third kappa shape index (κ3) is 3.05. The van der Waals surface area contributed by atoms with E-state index in [-0.39, 0.29) is 12.4 Å². The second-order valence-electron chi connectivity index (χ2n) is 9.76. The molecular formula is C31H29ClN2. The largest absolute Gasteiger partial charge is 1.00 e. The molecule has 1 aliphatic rings. The lowest BCUT2D eigenvalue weighted by Gasteiger charge is -2.11. The van der Waals surface area contributed by atoms with Crippen LogP contribution in [-0.4, -0.2) is 4.57 Å². The summed E-state index contributed by atoms with van der Waals surface area (Å²) in [5.74, 6) is 0. The fourth-order valence-electron chi connectivity index (χ4n) is 6.15. The topological polar surface area (TPSA) is 8.81 Å². The van der Waals surface area contributed by atoms with Crippen molar-refractivity contribution in [3.8, 4) is 33.9 Å². The highest BCUT2D eigenvalue weighted by molar-refractivity contribution is 6.13. The lowest BCUT2D eigenvalue weighted by molar-refractivity contribution is -0.584. The Bertz CT molecular complexity index is 1460. The lowest BCUT2D eigenvalue weighted by atomic mass is 10.0. The molecular weight excluding hydrogens is 436 g/mol. The van der Waals surface area contributed by atoms with Crippen LogP contribution in [0.25, 0.3) is 44.7 Å². The van der Waals surface area contributed by atoms with Gasteiger partial charge in [0.2, 0.25) is 0 Å². The summed E-state index contributed by atoms with van der Waals surface area (Å²) in [6, 6.07) is 22.6. The van der Waals surface area contributed by atoms with Crippen molar-refractivity contribution in [1.29, 1.82) is 0 Å². The van der Waals surface area contributed by atoms with Crippen LogP contribution < -0.4 is 17.0 Å². The number of hydrogen-bond acceptors (Lipinski definition) is 0. The molecule has 0 N–H and O–H groups in total. The van der Waals surface area contributed by atoms with Crippen LogP contribution in [0.1, 0.15) is 33.4 Å². The van der Waals surface area contributed by atoms with Crippen LogP contribution in [-0.2, 0) is 0 Å². The Labute approximate surface area is 207 Å². The molecule has 0 amide bonds. The molecule has 0 saturated carbocycles. The zero-order valence-electron chi connectivity index (χ0n) is 20.6. The third-order valence-corrected chi connectivity index (χ3v) is 7.10. The van der Waals surface area contributed by atoms with E-state index in [2.05, 4.69) is 118 Å². The molecule has 0 spiro atoms. The monoisotopic (exact) mass is 464 g/mol. The van der Waals surface area contributed by atoms with Gasteiger partial charge in [-0.15, -0.1) is 0 Å². The Balaban J connectivity index is 0.00000241. The molecule has 1 aromatic heterocycles. The number of aryl methyl sites for hydroxylation is 6. The molecule has 6 rings (SSSR count). The minimum absolute atomic E-state index is 0. The smallest absolute Gasteiger partial charge is 0.255 e. The van der Waals surface area contributed by atoms with Crippen molar-refractivity contribution in [3.05, 3.63) is 100 Å². The molecule has 1 heterocycles. The zero-order valence-corrected chi connectivity index (χ0v) is 21.4. The lowest BCUT2D eigenvalue weighted by Crippen LogP contribution is -3.00. The van der Waals surface area contributed by atoms with E-state index in [1.54, 1.807) is 0 Å². The minimum atomic E-state index is 0. The average molecular weight is 465 g/mol. The Morgan fingerprint density at radius 3 is 1.76 bits per heavy atom. The summed E-state index contributed by atoms with van der Waals surface area (Å²) in [6.07, 6.45) is 2.31. The van der Waals surface area contributed by atoms with Crippen LogP contribution >= 0.6 is 0 Å². The molecule has 34 heavy (non-hydrogen) atoms. The highest BCUT2D eigenvalue weighted by Crippen LogP contribution is 2.47. The standard InChI is InChI=1S/C31H29N2.ClH/c1-18-13-20(3)28(21(4)14-18)32-17-33(29-22(5)15-19(2)16-23(29)6)31-26-12-8-10-24-9-7-11-25(27(24)26)30(31)32;/h7-17H,1-6H3;1H/q+1;/p-1. The Hall–Kier alpha value is -3.36. The quantitative estimate of drug-likeness (QED) is 0.336. The number of aromatic nitrogens is 2. The van der Waals surface area contributed by atoms with Crippen LogP contribution in [0.5, 0.6) is 0 Å². The first kappa shape index (κ1) is 22.4. The van der Waals surface area contributed by atoms with Gasteiger partial charge in [-0.05, 0) is 81.3 Å². The van der Waals surface area contributed by atoms with E-state index in [1.165, 1.54) is 78.0 Å². The van der Waals surface area contributed by atoms with Crippen LogP contribution in [0.3, 0.4) is 0 Å². The fraction of sp³-hybridized carbons (Fsp3) is 0.194. The molecule has 5 aromatic rings. The van der Waals surface area contributed by atoms with Crippen molar-refractivity contribution in [2.75, 3.05) is 0 Å². The Kier molecular flexibility index (Phi) is 5.18. The van der Waals surface area contributed by atoms with E-state index >= 15 is 0 Å². The molecule has 1 aliphatic carbocycles. The first-order chi connectivity index (χ1) is 15.8. The Morgan fingerprint density at radius 2 is 1.18 bits per heavy atom. The van der Waals surface area contributed by atoms with Gasteiger partial charge in [-0.3, -0.25) is 0 Å². The number of benzene rings is 4. The number of nitrogens with zero attached hydrogens (tertiary/aromatic N) is 2. The molecule has 2 nitrogen and oxygen atoms in total. The van der Waals surface area contributed by atoms with Gasteiger partial charge in [0.15, 0.2) is 11.4 Å². The molecule has 0 unspecified atom stereocenters. The summed E-state index contributed by atoms with van der Waals surface area (Å²) in [4.78, 5) is 0. The summed E-state index contributed by atoms with van der Waals surface area (Å²) in [5, 5.41) is 2.66. The van der Waals surface area contributed by atoms with E-state index < -0.39 is 0 Å². The molecule has 4 aromatic carbocycles. The fourth-order valence-corrected chi connectivity index (χ4v) is 6.15. The van der Waals surface area contributed by atoms with Gasteiger partial charge >= 0.3 is 0 Å². The van der Waals surface area contributed by atoms with Crippen molar-refractivity contribution in [1.82, 2.24) is 4.57 Å². The van der Waals surface area contributed by atoms with Crippen molar-refractivity contribution < 1.29 is 17.0 Å². The SMILES string of the molecule is Cc1cc(C)c(-n2c[n+](-c3c(C)cc(C)cc3C)c3c2-c2cccc4cccc-3c24)c(C)c1.[Cl-]. The second-order valence-corrected chi connectivity index (χ2v) is 9.76. The predicted molar refractivity (Wildman–Crippen MR) is 138 cm³/mol. The summed E-state index contributed by atoms with van der Waals surface area (Å²) >= 11 is 0. The van der Waals surface area contributed by atoms with Crippen LogP contribution in [0, 0.1) is 41.5 Å². The van der Waals surface area contributed by atoms with Crippen LogP contribution in [0.15, 0.2) is 67.0 Å². The normalized spacial score (nSPS) is 11.6. The zero-order chi connectivity index (χ0) is 23.0. The minimum Gasteiger partial charge on any atom is -1.00 e. The van der Waals surface area contributed by atoms with E-state index in [9.17, 15) is 0 Å². The molecule has 3 heteroatoms. The van der Waals surface area contributed by atoms with Gasteiger partial charge in [-0.25, -0.2) is 0 Å². The van der Waals surface area contributed by atoms with Gasteiger partial charge in [0.1, 0.15) is 11.4 Å². The molecule has 0 radical (unpaired) electrons. The third-order valence-electron chi connectivity index (χ3n) is 7.10. The molecule has 0 aliphatic heterocycles. The maximum atomic E-state index is 2.44. The molecule has 0 saturated heterocycles. The summed E-state index contributed by atoms with van der Waals surface area (Å²) in [6.45, 7) is 13.3. The van der Waals surface area contributed by atoms with Gasteiger partial charge in [-0.2, -0.15) is 9.13 Å². The molecule has 0 bridgehead atoms. The van der Waals surface area contributed by atoms with Gasteiger partial charge in [0, 0.05) is 16.5 Å². The first-order valence-corrected chi connectivity index (χ1v) is 11.7. The highest BCUT2D eigenvalue weighted by atomic mass is 35.5. The van der Waals surface area contributed by atoms with Gasteiger partial charge in [0.05, 0.1) is 0 Å². The molecule has 0 fully saturated rings. The van der Waals surface area contributed by atoms with Gasteiger partial charge in [0.25, 0.3) is 6.33 Å². The van der Waals surface area contributed by atoms with Crippen LogP contribution in [0.4, 0.5) is 0 Å². The number of fused-ring (bicyclic) bond motifs is 3. The average Bonchev–Trinajstić information content (AvgIpc) is 3.26. The summed E-state index contributed by atoms with van der Waals surface area (Å²) in [7, 11) is 0. The van der Waals surface area contributed by atoms with Crippen molar-refractivity contribution in [3.63, 3.8) is 0 Å². The highest BCUT2D eigenvalue weighted by Gasteiger charge is 2.37. The van der Waals surface area contributed by atoms with E-state index in [4.69, 9.17) is 0 Å². The van der Waals surface area contributed by atoms with Crippen molar-refractivity contribution >= 4 is 10.8 Å². The second kappa shape index (κ2) is 7.85. The van der Waals surface area contributed by atoms with E-state index in [0.29, 0.717) is 0 Å². The molecule has 170 valence electrons. The predicted octanol–water partition coefficient (Wildman–Crippen LogP) is 4.41. The van der Waals surface area contributed by atoms with Gasteiger partial charge in [-0.1, -0.05) is 59.7 Å². The summed E-state index contributed by atoms with van der Waals surface area (Å²) in [5.41, 5.74) is 15.6. The van der Waals surface area contributed by atoms with Crippen molar-refractivity contribution in [2.24, 2.45) is 0 Å². The van der Waals surface area contributed by atoms with Crippen LogP contribution in [0.2, 0.25) is 0 Å². The number of halogens is 1. The maximum Gasteiger partial charge on any atom is 0.255 e. The number of rotatable bonds is 2. The molecule has 0 atom stereocenters. The maximum absolute atomic E-state index is 2.44. The van der Waals surface area contributed by atoms with Crippen molar-refractivity contribution in [2.45, 2.75) is 41.5 Å². The van der Waals surface area contributed by atoms with Gasteiger partial charge < -0.3 is 12.4 Å². The number of imidazole rings is 1. The summed E-state index contributed by atoms with van der Waals surface area (Å²) < 4.78 is 4.87. The van der Waals surface area contributed by atoms with E-state index in [0.717, 1.165) is 0 Å². The number of hydrogen-bond donors (Lipinski definition) is 0. The first-order valence-electron chi connectivity index (χ1n) is 11.7. The van der Waals surface area contributed by atoms with E-state index in [1.807, 2.05) is 0 Å². The Morgan fingerprint density at radius 1 is 0.647 bits per heavy atom.